The van der Waals surface area contributed by atoms with E-state index in [2.05, 4.69) is 20.3 Å². The van der Waals surface area contributed by atoms with Crippen molar-refractivity contribution < 1.29 is 8.94 Å². The molecule has 2 N–H and O–H groups in total. The standard InChI is InChI=1S/C12H14N6O2S/c1-2-18-10(6-13)15-16-12(18)21-7-9-14-11(20-17-9)8-4-3-5-19-8/h3-5H,2,6-7,13H2,1H3. The van der Waals surface area contributed by atoms with Gasteiger partial charge >= 0.3 is 0 Å². The van der Waals surface area contributed by atoms with E-state index in [0.717, 1.165) is 17.5 Å². The summed E-state index contributed by atoms with van der Waals surface area (Å²) in [7, 11) is 0. The van der Waals surface area contributed by atoms with E-state index in [1.807, 2.05) is 11.5 Å². The number of hydrogen-bond donors (Lipinski definition) is 1. The lowest BCUT2D eigenvalue weighted by Crippen LogP contribution is -2.08. The summed E-state index contributed by atoms with van der Waals surface area (Å²) >= 11 is 1.49. The molecule has 3 heterocycles. The minimum Gasteiger partial charge on any atom is -0.459 e. The molecule has 110 valence electrons. The van der Waals surface area contributed by atoms with Gasteiger partial charge in [0.05, 0.1) is 18.6 Å². The molecule has 0 unspecified atom stereocenters. The Morgan fingerprint density at radius 3 is 3.00 bits per heavy atom. The predicted molar refractivity (Wildman–Crippen MR) is 75.1 cm³/mol. The van der Waals surface area contributed by atoms with Gasteiger partial charge in [-0.1, -0.05) is 16.9 Å². The smallest absolute Gasteiger partial charge is 0.293 e. The fourth-order valence-electron chi connectivity index (χ4n) is 1.84. The monoisotopic (exact) mass is 306 g/mol. The molecule has 9 heteroatoms. The number of thioether (sulfide) groups is 1. The number of rotatable bonds is 6. The minimum atomic E-state index is 0.367. The van der Waals surface area contributed by atoms with E-state index in [0.29, 0.717) is 29.8 Å². The van der Waals surface area contributed by atoms with Gasteiger partial charge < -0.3 is 19.2 Å². The van der Waals surface area contributed by atoms with Crippen molar-refractivity contribution in [3.8, 4) is 11.7 Å². The molecule has 0 aromatic carbocycles. The van der Waals surface area contributed by atoms with Gasteiger partial charge in [-0.3, -0.25) is 0 Å². The molecule has 0 radical (unpaired) electrons. The lowest BCUT2D eigenvalue weighted by atomic mass is 10.4. The molecule has 0 bridgehead atoms. The van der Waals surface area contributed by atoms with Crippen molar-refractivity contribution in [1.29, 1.82) is 0 Å². The highest BCUT2D eigenvalue weighted by atomic mass is 32.2. The first-order chi connectivity index (χ1) is 10.3. The molecule has 3 aromatic heterocycles. The third kappa shape index (κ3) is 2.83. The van der Waals surface area contributed by atoms with Crippen molar-refractivity contribution in [2.45, 2.75) is 30.9 Å². The molecule has 0 aliphatic heterocycles. The summed E-state index contributed by atoms with van der Waals surface area (Å²) < 4.78 is 12.3. The summed E-state index contributed by atoms with van der Waals surface area (Å²) in [5.74, 6) is 2.80. The van der Waals surface area contributed by atoms with Crippen molar-refractivity contribution in [3.05, 3.63) is 30.0 Å². The maximum atomic E-state index is 5.62. The van der Waals surface area contributed by atoms with Crippen LogP contribution in [0.15, 0.2) is 32.5 Å². The molecular formula is C12H14N6O2S. The van der Waals surface area contributed by atoms with Crippen LogP contribution in [0.1, 0.15) is 18.6 Å². The van der Waals surface area contributed by atoms with Crippen LogP contribution in [0.25, 0.3) is 11.7 Å². The maximum Gasteiger partial charge on any atom is 0.293 e. The summed E-state index contributed by atoms with van der Waals surface area (Å²) in [6.07, 6.45) is 1.56. The molecular weight excluding hydrogens is 292 g/mol. The summed E-state index contributed by atoms with van der Waals surface area (Å²) in [5.41, 5.74) is 5.62. The Labute approximate surface area is 124 Å². The molecule has 0 saturated carbocycles. The summed E-state index contributed by atoms with van der Waals surface area (Å²) in [5, 5.41) is 12.9. The second kappa shape index (κ2) is 6.10. The Kier molecular flexibility index (Phi) is 4.02. The third-order valence-corrected chi connectivity index (χ3v) is 3.79. The molecule has 0 fully saturated rings. The third-order valence-electron chi connectivity index (χ3n) is 2.82. The van der Waals surface area contributed by atoms with Crippen LogP contribution in [0.3, 0.4) is 0 Å². The first-order valence-corrected chi connectivity index (χ1v) is 7.41. The Bertz CT molecular complexity index is 705. The molecule has 21 heavy (non-hydrogen) atoms. The van der Waals surface area contributed by atoms with Crippen LogP contribution in [0.2, 0.25) is 0 Å². The van der Waals surface area contributed by atoms with Crippen LogP contribution in [-0.4, -0.2) is 24.9 Å². The van der Waals surface area contributed by atoms with Crippen molar-refractivity contribution in [3.63, 3.8) is 0 Å². The zero-order valence-electron chi connectivity index (χ0n) is 11.4. The fourth-order valence-corrected chi connectivity index (χ4v) is 2.70. The van der Waals surface area contributed by atoms with Crippen molar-refractivity contribution >= 4 is 11.8 Å². The van der Waals surface area contributed by atoms with Gasteiger partial charge in [-0.05, 0) is 19.1 Å². The van der Waals surface area contributed by atoms with Crippen LogP contribution in [-0.2, 0) is 18.8 Å². The number of nitrogens with zero attached hydrogens (tertiary/aromatic N) is 5. The highest BCUT2D eigenvalue weighted by Gasteiger charge is 2.14. The number of nitrogens with two attached hydrogens (primary N) is 1. The van der Waals surface area contributed by atoms with E-state index in [1.54, 1.807) is 18.4 Å². The molecule has 0 amide bonds. The highest BCUT2D eigenvalue weighted by Crippen LogP contribution is 2.23. The summed E-state index contributed by atoms with van der Waals surface area (Å²) in [6.45, 7) is 3.16. The first-order valence-electron chi connectivity index (χ1n) is 6.43. The van der Waals surface area contributed by atoms with Crippen LogP contribution in [0, 0.1) is 0 Å². The van der Waals surface area contributed by atoms with Gasteiger partial charge in [-0.15, -0.1) is 10.2 Å². The van der Waals surface area contributed by atoms with Crippen LogP contribution < -0.4 is 5.73 Å². The summed E-state index contributed by atoms with van der Waals surface area (Å²) in [6, 6.07) is 3.54. The van der Waals surface area contributed by atoms with Gasteiger partial charge in [0.2, 0.25) is 0 Å². The Hall–Kier alpha value is -2.13. The van der Waals surface area contributed by atoms with Gasteiger partial charge in [-0.25, -0.2) is 0 Å². The SMILES string of the molecule is CCn1c(CN)nnc1SCc1noc(-c2ccco2)n1. The van der Waals surface area contributed by atoms with Gasteiger partial charge in [-0.2, -0.15) is 4.98 Å². The molecule has 0 atom stereocenters. The van der Waals surface area contributed by atoms with Crippen molar-refractivity contribution in [2.75, 3.05) is 0 Å². The van der Waals surface area contributed by atoms with Gasteiger partial charge in [0.25, 0.3) is 5.89 Å². The minimum absolute atomic E-state index is 0.367. The van der Waals surface area contributed by atoms with E-state index in [9.17, 15) is 0 Å². The van der Waals surface area contributed by atoms with E-state index in [4.69, 9.17) is 14.7 Å². The average molecular weight is 306 g/mol. The highest BCUT2D eigenvalue weighted by molar-refractivity contribution is 7.98. The summed E-state index contributed by atoms with van der Waals surface area (Å²) in [4.78, 5) is 4.28. The van der Waals surface area contributed by atoms with E-state index in [-0.39, 0.29) is 0 Å². The Balaban J connectivity index is 1.69. The van der Waals surface area contributed by atoms with Crippen molar-refractivity contribution in [1.82, 2.24) is 24.9 Å². The predicted octanol–water partition coefficient (Wildman–Crippen LogP) is 1.69. The molecule has 0 aliphatic rings. The second-order valence-electron chi connectivity index (χ2n) is 4.13. The average Bonchev–Trinajstić information content (AvgIpc) is 3.23. The Morgan fingerprint density at radius 2 is 2.29 bits per heavy atom. The normalized spacial score (nSPS) is 11.1. The largest absolute Gasteiger partial charge is 0.459 e. The molecule has 8 nitrogen and oxygen atoms in total. The second-order valence-corrected chi connectivity index (χ2v) is 5.07. The fraction of sp³-hybridized carbons (Fsp3) is 0.333. The van der Waals surface area contributed by atoms with Crippen molar-refractivity contribution in [2.24, 2.45) is 5.73 Å². The molecule has 3 aromatic rings. The Morgan fingerprint density at radius 1 is 1.38 bits per heavy atom. The van der Waals surface area contributed by atoms with Gasteiger partial charge in [0.1, 0.15) is 5.82 Å². The lowest BCUT2D eigenvalue weighted by molar-refractivity contribution is 0.411. The zero-order valence-corrected chi connectivity index (χ0v) is 12.2. The molecule has 0 spiro atoms. The van der Waals surface area contributed by atoms with Crippen LogP contribution >= 0.6 is 11.8 Å². The maximum absolute atomic E-state index is 5.62. The molecule has 3 rings (SSSR count). The molecule has 0 aliphatic carbocycles. The van der Waals surface area contributed by atoms with Crippen LogP contribution in [0.4, 0.5) is 0 Å². The molecule has 0 saturated heterocycles. The quantitative estimate of drug-likeness (QED) is 0.685. The zero-order chi connectivity index (χ0) is 14.7. The van der Waals surface area contributed by atoms with E-state index in [1.165, 1.54) is 11.8 Å². The van der Waals surface area contributed by atoms with Gasteiger partial charge in [0, 0.05) is 6.54 Å². The number of aromatic nitrogens is 5. The number of hydrogen-bond acceptors (Lipinski definition) is 8. The van der Waals surface area contributed by atoms with Crippen LogP contribution in [0.5, 0.6) is 0 Å². The van der Waals surface area contributed by atoms with Gasteiger partial charge in [0.15, 0.2) is 16.7 Å². The number of furan rings is 1. The lowest BCUT2D eigenvalue weighted by Gasteiger charge is -2.04. The topological polar surface area (TPSA) is 109 Å². The first kappa shape index (κ1) is 13.8. The van der Waals surface area contributed by atoms with E-state index < -0.39 is 0 Å². The van der Waals surface area contributed by atoms with E-state index >= 15 is 0 Å².